The lowest BCUT2D eigenvalue weighted by Crippen LogP contribution is -2.46. The van der Waals surface area contributed by atoms with Gasteiger partial charge in [0, 0.05) is 29.7 Å². The van der Waals surface area contributed by atoms with Gasteiger partial charge >= 0.3 is 18.0 Å². The lowest BCUT2D eigenvalue weighted by atomic mass is 9.91. The number of amides is 2. The topological polar surface area (TPSA) is 146 Å². The largest absolute Gasteiger partial charge is 0.473 e. The molecule has 0 unspecified atom stereocenters. The summed E-state index contributed by atoms with van der Waals surface area (Å²) in [7, 11) is 0. The second-order valence-corrected chi connectivity index (χ2v) is 8.52. The number of imide groups is 1. The van der Waals surface area contributed by atoms with Crippen molar-refractivity contribution < 1.29 is 33.9 Å². The molecule has 2 aromatic heterocycles. The molecule has 1 aromatic carbocycles. The van der Waals surface area contributed by atoms with E-state index in [0.29, 0.717) is 18.9 Å². The number of carbonyl (C=O) groups excluding carboxylic acids is 2. The summed E-state index contributed by atoms with van der Waals surface area (Å²) in [5, 5.41) is 20.2. The SMILES string of the molecule is O=C(O)C(=O)O.O=C1Cc2cccn2C(=O)N1CCCN1CCC(c2noc3ccccc23)CC1. The third-order valence-corrected chi connectivity index (χ3v) is 6.32. The molecule has 0 spiro atoms. The molecule has 0 aliphatic carbocycles. The standard InChI is InChI=1S/C22H24N4O3.C2H2O4/c27-20-15-17-5-3-11-25(17)22(28)26(20)12-4-10-24-13-8-16(9-14-24)21-18-6-1-2-7-19(18)29-23-21;3-1(4)2(5)6/h1-3,5-7,11,16H,4,8-10,12-15H2;(H,3,4)(H,5,6). The highest BCUT2D eigenvalue weighted by molar-refractivity contribution is 6.27. The number of carboxylic acid groups (broad SMARTS) is 2. The van der Waals surface area contributed by atoms with Gasteiger partial charge in [0.15, 0.2) is 5.58 Å². The van der Waals surface area contributed by atoms with E-state index >= 15 is 0 Å². The monoisotopic (exact) mass is 482 g/mol. The van der Waals surface area contributed by atoms with Crippen molar-refractivity contribution >= 4 is 34.8 Å². The molecule has 0 radical (unpaired) electrons. The van der Waals surface area contributed by atoms with E-state index in [1.165, 1.54) is 4.90 Å². The average molecular weight is 482 g/mol. The van der Waals surface area contributed by atoms with Crippen LogP contribution in [0.4, 0.5) is 4.79 Å². The summed E-state index contributed by atoms with van der Waals surface area (Å²) >= 11 is 0. The molecule has 1 saturated heterocycles. The van der Waals surface area contributed by atoms with E-state index in [9.17, 15) is 9.59 Å². The molecule has 35 heavy (non-hydrogen) atoms. The van der Waals surface area contributed by atoms with Crippen molar-refractivity contribution in [2.45, 2.75) is 31.6 Å². The third kappa shape index (κ3) is 5.40. The highest BCUT2D eigenvalue weighted by atomic mass is 16.5. The van der Waals surface area contributed by atoms with E-state index in [1.54, 1.807) is 10.8 Å². The van der Waals surface area contributed by atoms with Crippen LogP contribution >= 0.6 is 0 Å². The van der Waals surface area contributed by atoms with Crippen molar-refractivity contribution in [3.05, 3.63) is 54.0 Å². The number of benzene rings is 1. The summed E-state index contributed by atoms with van der Waals surface area (Å²) in [6.07, 6.45) is 4.92. The van der Waals surface area contributed by atoms with Crippen LogP contribution in [-0.2, 0) is 20.8 Å². The second kappa shape index (κ2) is 10.5. The van der Waals surface area contributed by atoms with E-state index in [2.05, 4.69) is 16.1 Å². The molecule has 5 rings (SSSR count). The van der Waals surface area contributed by atoms with Gasteiger partial charge < -0.3 is 19.6 Å². The summed E-state index contributed by atoms with van der Waals surface area (Å²) in [5.41, 5.74) is 2.71. The van der Waals surface area contributed by atoms with Crippen LogP contribution < -0.4 is 0 Å². The predicted octanol–water partition coefficient (Wildman–Crippen LogP) is 2.41. The molecule has 2 aliphatic rings. The van der Waals surface area contributed by atoms with Crippen molar-refractivity contribution in [2.24, 2.45) is 0 Å². The van der Waals surface area contributed by atoms with Gasteiger partial charge in [-0.3, -0.25) is 14.3 Å². The van der Waals surface area contributed by atoms with Crippen LogP contribution in [0.15, 0.2) is 47.1 Å². The number of carbonyl (C=O) groups is 4. The number of nitrogens with zero attached hydrogens (tertiary/aromatic N) is 4. The summed E-state index contributed by atoms with van der Waals surface area (Å²) in [6.45, 7) is 3.36. The Hall–Kier alpha value is -3.99. The number of piperidine rings is 1. The van der Waals surface area contributed by atoms with E-state index in [1.807, 2.05) is 30.3 Å². The van der Waals surface area contributed by atoms with Gasteiger partial charge in [0.25, 0.3) is 0 Å². The van der Waals surface area contributed by atoms with Crippen molar-refractivity contribution in [3.8, 4) is 0 Å². The van der Waals surface area contributed by atoms with Gasteiger partial charge in [-0.05, 0) is 63.2 Å². The molecule has 2 N–H and O–H groups in total. The fraction of sp³-hybridized carbons (Fsp3) is 0.375. The number of aromatic nitrogens is 2. The first-order chi connectivity index (χ1) is 16.8. The van der Waals surface area contributed by atoms with Crippen molar-refractivity contribution in [2.75, 3.05) is 26.2 Å². The molecule has 11 heteroatoms. The van der Waals surface area contributed by atoms with Gasteiger partial charge in [0.05, 0.1) is 12.1 Å². The molecule has 3 aromatic rings. The first-order valence-electron chi connectivity index (χ1n) is 11.4. The predicted molar refractivity (Wildman–Crippen MR) is 123 cm³/mol. The van der Waals surface area contributed by atoms with Crippen LogP contribution in [0.3, 0.4) is 0 Å². The quantitative estimate of drug-likeness (QED) is 0.523. The van der Waals surface area contributed by atoms with Crippen LogP contribution in [0.5, 0.6) is 0 Å². The molecule has 2 amide bonds. The average Bonchev–Trinajstić information content (AvgIpc) is 3.49. The summed E-state index contributed by atoms with van der Waals surface area (Å²) in [6, 6.07) is 11.4. The van der Waals surface area contributed by atoms with Crippen molar-refractivity contribution in [3.63, 3.8) is 0 Å². The Morgan fingerprint density at radius 1 is 1.00 bits per heavy atom. The molecular weight excluding hydrogens is 456 g/mol. The van der Waals surface area contributed by atoms with Crippen LogP contribution in [0, 0.1) is 0 Å². The fourth-order valence-corrected chi connectivity index (χ4v) is 4.54. The number of carboxylic acids is 2. The first kappa shape index (κ1) is 24.1. The van der Waals surface area contributed by atoms with Gasteiger partial charge in [-0.1, -0.05) is 17.3 Å². The van der Waals surface area contributed by atoms with E-state index in [-0.39, 0.29) is 11.9 Å². The number of hydrogen-bond donors (Lipinski definition) is 2. The minimum absolute atomic E-state index is 0.0992. The smallest absolute Gasteiger partial charge is 0.414 e. The van der Waals surface area contributed by atoms with Crippen LogP contribution in [0.1, 0.15) is 36.6 Å². The van der Waals surface area contributed by atoms with E-state index < -0.39 is 11.9 Å². The lowest BCUT2D eigenvalue weighted by Gasteiger charge is -2.32. The number of fused-ring (bicyclic) bond motifs is 2. The van der Waals surface area contributed by atoms with Gasteiger partial charge in [-0.25, -0.2) is 14.4 Å². The molecule has 11 nitrogen and oxygen atoms in total. The zero-order chi connectivity index (χ0) is 24.9. The second-order valence-electron chi connectivity index (χ2n) is 8.52. The van der Waals surface area contributed by atoms with Gasteiger partial charge in [-0.2, -0.15) is 0 Å². The Morgan fingerprint density at radius 2 is 1.71 bits per heavy atom. The van der Waals surface area contributed by atoms with Crippen LogP contribution in [-0.4, -0.2) is 79.8 Å². The Labute approximate surface area is 200 Å². The van der Waals surface area contributed by atoms with Gasteiger partial charge in [0.2, 0.25) is 5.91 Å². The van der Waals surface area contributed by atoms with E-state index in [0.717, 1.165) is 61.3 Å². The maximum atomic E-state index is 12.5. The number of hydrogen-bond acceptors (Lipinski definition) is 7. The highest BCUT2D eigenvalue weighted by Gasteiger charge is 2.30. The molecule has 4 heterocycles. The maximum absolute atomic E-state index is 12.5. The summed E-state index contributed by atoms with van der Waals surface area (Å²) in [5.74, 6) is -3.32. The highest BCUT2D eigenvalue weighted by Crippen LogP contribution is 2.32. The number of para-hydroxylation sites is 1. The Bertz CT molecular complexity index is 1230. The van der Waals surface area contributed by atoms with Gasteiger partial charge in [0.1, 0.15) is 0 Å². The molecule has 0 atom stereocenters. The lowest BCUT2D eigenvalue weighted by molar-refractivity contribution is -0.159. The third-order valence-electron chi connectivity index (χ3n) is 6.32. The van der Waals surface area contributed by atoms with E-state index in [4.69, 9.17) is 24.3 Å². The summed E-state index contributed by atoms with van der Waals surface area (Å²) < 4.78 is 7.04. The zero-order valence-electron chi connectivity index (χ0n) is 19.0. The minimum atomic E-state index is -1.82. The molecule has 1 fully saturated rings. The summed E-state index contributed by atoms with van der Waals surface area (Å²) in [4.78, 5) is 46.8. The Balaban J connectivity index is 0.000000431. The Kier molecular flexibility index (Phi) is 7.25. The molecule has 2 aliphatic heterocycles. The number of likely N-dealkylation sites (tertiary alicyclic amines) is 1. The first-order valence-corrected chi connectivity index (χ1v) is 11.4. The van der Waals surface area contributed by atoms with Crippen LogP contribution in [0.2, 0.25) is 0 Å². The molecule has 184 valence electrons. The van der Waals surface area contributed by atoms with Crippen molar-refractivity contribution in [1.29, 1.82) is 0 Å². The molecule has 0 saturated carbocycles. The molecule has 0 bridgehead atoms. The minimum Gasteiger partial charge on any atom is -0.473 e. The maximum Gasteiger partial charge on any atom is 0.414 e. The zero-order valence-corrected chi connectivity index (χ0v) is 19.0. The van der Waals surface area contributed by atoms with Crippen LogP contribution in [0.25, 0.3) is 11.0 Å². The fourth-order valence-electron chi connectivity index (χ4n) is 4.54. The molecular formula is C24H26N4O7. The Morgan fingerprint density at radius 3 is 2.43 bits per heavy atom. The normalized spacial score (nSPS) is 16.6. The number of rotatable bonds is 5. The number of aliphatic carboxylic acids is 2. The van der Waals surface area contributed by atoms with Gasteiger partial charge in [-0.15, -0.1) is 0 Å². The van der Waals surface area contributed by atoms with Crippen molar-refractivity contribution in [1.82, 2.24) is 19.5 Å².